The average molecular weight is 480 g/mol. The third-order valence-corrected chi connectivity index (χ3v) is 5.89. The maximum absolute atomic E-state index is 12.2. The van der Waals surface area contributed by atoms with Gasteiger partial charge < -0.3 is 15.5 Å². The van der Waals surface area contributed by atoms with Crippen LogP contribution in [-0.2, 0) is 9.84 Å². The lowest BCUT2D eigenvalue weighted by Crippen LogP contribution is -2.43. The van der Waals surface area contributed by atoms with E-state index < -0.39 is 9.84 Å². The molecule has 25 heavy (non-hydrogen) atoms. The van der Waals surface area contributed by atoms with Crippen molar-refractivity contribution >= 4 is 39.8 Å². The van der Waals surface area contributed by atoms with Crippen molar-refractivity contribution in [3.63, 3.8) is 0 Å². The van der Waals surface area contributed by atoms with Crippen LogP contribution in [0.2, 0.25) is 0 Å². The van der Waals surface area contributed by atoms with Crippen molar-refractivity contribution in [2.45, 2.75) is 24.2 Å². The van der Waals surface area contributed by atoms with Crippen molar-refractivity contribution in [2.75, 3.05) is 45.5 Å². The summed E-state index contributed by atoms with van der Waals surface area (Å²) < 4.78 is 24.4. The number of rotatable bonds is 7. The van der Waals surface area contributed by atoms with Crippen molar-refractivity contribution in [2.24, 2.45) is 4.99 Å². The van der Waals surface area contributed by atoms with Gasteiger partial charge in [0.05, 0.1) is 10.6 Å². The maximum atomic E-state index is 12.2. The van der Waals surface area contributed by atoms with Crippen molar-refractivity contribution in [1.82, 2.24) is 15.5 Å². The number of piperidine rings is 1. The summed E-state index contributed by atoms with van der Waals surface area (Å²) in [5, 5.41) is 6.32. The highest BCUT2D eigenvalue weighted by molar-refractivity contribution is 14.0. The summed E-state index contributed by atoms with van der Waals surface area (Å²) in [5.74, 6) is 0.694. The molecule has 0 amide bonds. The largest absolute Gasteiger partial charge is 0.355 e. The van der Waals surface area contributed by atoms with E-state index in [1.807, 2.05) is 6.07 Å². The molecular formula is C17H29IN4O2S. The molecule has 8 heteroatoms. The predicted octanol–water partition coefficient (Wildman–Crippen LogP) is 1.73. The number of halogens is 1. The number of hydrogen-bond acceptors (Lipinski definition) is 4. The Labute approximate surface area is 168 Å². The van der Waals surface area contributed by atoms with Crippen LogP contribution in [0.15, 0.2) is 40.2 Å². The first kappa shape index (κ1) is 22.2. The van der Waals surface area contributed by atoms with E-state index in [4.69, 9.17) is 0 Å². The minimum Gasteiger partial charge on any atom is -0.355 e. The molecule has 1 saturated heterocycles. The van der Waals surface area contributed by atoms with Crippen LogP contribution in [0.1, 0.15) is 19.3 Å². The van der Waals surface area contributed by atoms with Gasteiger partial charge in [-0.1, -0.05) is 24.6 Å². The van der Waals surface area contributed by atoms with E-state index in [0.29, 0.717) is 17.4 Å². The number of nitrogens with zero attached hydrogens (tertiary/aromatic N) is 2. The van der Waals surface area contributed by atoms with Gasteiger partial charge in [0.2, 0.25) is 0 Å². The van der Waals surface area contributed by atoms with Crippen LogP contribution >= 0.6 is 24.0 Å². The lowest BCUT2D eigenvalue weighted by atomic mass is 10.1. The molecule has 0 spiro atoms. The normalized spacial score (nSPS) is 16.1. The molecule has 1 heterocycles. The van der Waals surface area contributed by atoms with Crippen LogP contribution in [0.3, 0.4) is 0 Å². The topological polar surface area (TPSA) is 73.8 Å². The molecule has 1 fully saturated rings. The first-order valence-corrected chi connectivity index (χ1v) is 10.2. The standard InChI is InChI=1S/C17H28N4O2S.HI/c1-18-17(19-10-14-21-12-6-3-7-13-21)20-11-15-24(22,23)16-8-4-2-5-9-16;/h2,4-5,8-9H,3,6-7,10-15H2,1H3,(H2,18,19,20);1H. The minimum absolute atomic E-state index is 0. The zero-order valence-corrected chi connectivity index (χ0v) is 17.9. The van der Waals surface area contributed by atoms with E-state index in [1.54, 1.807) is 31.3 Å². The highest BCUT2D eigenvalue weighted by Gasteiger charge is 2.14. The fourth-order valence-electron chi connectivity index (χ4n) is 2.79. The summed E-state index contributed by atoms with van der Waals surface area (Å²) in [6.45, 7) is 4.47. The number of aliphatic imine (C=N–C) groups is 1. The SMILES string of the molecule is CN=C(NCCN1CCCCC1)NCCS(=O)(=O)c1ccccc1.I. The molecule has 0 aliphatic carbocycles. The van der Waals surface area contributed by atoms with Gasteiger partial charge in [0.1, 0.15) is 0 Å². The van der Waals surface area contributed by atoms with Crippen LogP contribution in [-0.4, -0.2) is 64.8 Å². The molecule has 2 N–H and O–H groups in total. The maximum Gasteiger partial charge on any atom is 0.191 e. The summed E-state index contributed by atoms with van der Waals surface area (Å²) in [7, 11) is -1.56. The molecule has 0 saturated carbocycles. The highest BCUT2D eigenvalue weighted by Crippen LogP contribution is 2.09. The van der Waals surface area contributed by atoms with Gasteiger partial charge in [0.15, 0.2) is 15.8 Å². The Hall–Kier alpha value is -0.870. The Balaban J connectivity index is 0.00000312. The fraction of sp³-hybridized carbons (Fsp3) is 0.588. The minimum atomic E-state index is -3.26. The Kier molecular flexibility index (Phi) is 10.4. The molecule has 2 rings (SSSR count). The molecule has 0 radical (unpaired) electrons. The third-order valence-electron chi connectivity index (χ3n) is 4.16. The second-order valence-corrected chi connectivity index (χ2v) is 8.07. The smallest absolute Gasteiger partial charge is 0.191 e. The molecule has 0 unspecified atom stereocenters. The predicted molar refractivity (Wildman–Crippen MR) is 114 cm³/mol. The van der Waals surface area contributed by atoms with Gasteiger partial charge in [0.25, 0.3) is 0 Å². The molecule has 0 aromatic heterocycles. The summed E-state index contributed by atoms with van der Waals surface area (Å²) in [5.41, 5.74) is 0. The lowest BCUT2D eigenvalue weighted by molar-refractivity contribution is 0.232. The monoisotopic (exact) mass is 480 g/mol. The van der Waals surface area contributed by atoms with Gasteiger partial charge in [-0.25, -0.2) is 8.42 Å². The Morgan fingerprint density at radius 2 is 1.72 bits per heavy atom. The second kappa shape index (κ2) is 11.7. The first-order chi connectivity index (χ1) is 11.6. The Morgan fingerprint density at radius 3 is 2.36 bits per heavy atom. The van der Waals surface area contributed by atoms with Crippen LogP contribution < -0.4 is 10.6 Å². The molecule has 6 nitrogen and oxygen atoms in total. The number of nitrogens with one attached hydrogen (secondary N) is 2. The van der Waals surface area contributed by atoms with Gasteiger partial charge in [-0.2, -0.15) is 0 Å². The van der Waals surface area contributed by atoms with Crippen molar-refractivity contribution in [3.05, 3.63) is 30.3 Å². The molecular weight excluding hydrogens is 451 g/mol. The van der Waals surface area contributed by atoms with Crippen molar-refractivity contribution < 1.29 is 8.42 Å². The van der Waals surface area contributed by atoms with Gasteiger partial charge in [-0.05, 0) is 38.1 Å². The van der Waals surface area contributed by atoms with E-state index in [-0.39, 0.29) is 29.7 Å². The molecule has 1 aliphatic rings. The molecule has 1 aliphatic heterocycles. The van der Waals surface area contributed by atoms with Crippen molar-refractivity contribution in [1.29, 1.82) is 0 Å². The quantitative estimate of drug-likeness (QED) is 0.354. The first-order valence-electron chi connectivity index (χ1n) is 8.56. The van der Waals surface area contributed by atoms with Crippen LogP contribution in [0.4, 0.5) is 0 Å². The molecule has 142 valence electrons. The van der Waals surface area contributed by atoms with E-state index in [2.05, 4.69) is 20.5 Å². The van der Waals surface area contributed by atoms with E-state index in [0.717, 1.165) is 13.1 Å². The molecule has 0 atom stereocenters. The van der Waals surface area contributed by atoms with Gasteiger partial charge in [-0.15, -0.1) is 24.0 Å². The van der Waals surface area contributed by atoms with E-state index in [1.165, 1.54) is 32.4 Å². The lowest BCUT2D eigenvalue weighted by Gasteiger charge is -2.26. The van der Waals surface area contributed by atoms with E-state index >= 15 is 0 Å². The fourth-order valence-corrected chi connectivity index (χ4v) is 3.96. The van der Waals surface area contributed by atoms with Gasteiger partial charge >= 0.3 is 0 Å². The number of benzene rings is 1. The van der Waals surface area contributed by atoms with E-state index in [9.17, 15) is 8.42 Å². The third kappa shape index (κ3) is 7.91. The van der Waals surface area contributed by atoms with Crippen LogP contribution in [0.25, 0.3) is 0 Å². The van der Waals surface area contributed by atoms with Gasteiger partial charge in [-0.3, -0.25) is 4.99 Å². The molecule has 1 aromatic carbocycles. The Bertz CT molecular complexity index is 617. The summed E-state index contributed by atoms with van der Waals surface area (Å²) in [6, 6.07) is 8.54. The van der Waals surface area contributed by atoms with Crippen LogP contribution in [0.5, 0.6) is 0 Å². The summed E-state index contributed by atoms with van der Waals surface area (Å²) in [6.07, 6.45) is 3.90. The summed E-state index contributed by atoms with van der Waals surface area (Å²) >= 11 is 0. The number of sulfone groups is 1. The number of likely N-dealkylation sites (tertiary alicyclic amines) is 1. The van der Waals surface area contributed by atoms with Gasteiger partial charge in [0, 0.05) is 26.7 Å². The van der Waals surface area contributed by atoms with Crippen molar-refractivity contribution in [3.8, 4) is 0 Å². The van der Waals surface area contributed by atoms with Crippen LogP contribution in [0, 0.1) is 0 Å². The number of hydrogen-bond donors (Lipinski definition) is 2. The molecule has 1 aromatic rings. The second-order valence-electron chi connectivity index (χ2n) is 5.96. The Morgan fingerprint density at radius 1 is 1.08 bits per heavy atom. The highest BCUT2D eigenvalue weighted by atomic mass is 127. The zero-order valence-electron chi connectivity index (χ0n) is 14.8. The number of guanidine groups is 1. The zero-order chi connectivity index (χ0) is 17.3. The molecule has 0 bridgehead atoms. The summed E-state index contributed by atoms with van der Waals surface area (Å²) in [4.78, 5) is 6.95. The average Bonchev–Trinajstić information content (AvgIpc) is 2.62.